The molecule has 0 radical (unpaired) electrons. The van der Waals surface area contributed by atoms with Crippen molar-refractivity contribution in [3.8, 4) is 0 Å². The molecule has 1 unspecified atom stereocenters. The van der Waals surface area contributed by atoms with E-state index in [-0.39, 0.29) is 35.0 Å². The van der Waals surface area contributed by atoms with Crippen molar-refractivity contribution in [1.29, 1.82) is 0 Å². The van der Waals surface area contributed by atoms with Gasteiger partial charge in [0.2, 0.25) is 0 Å². The SMILES string of the molecule is C/C=C/NC(=O)NC1CCCCN(C(=O)C2=C(O)C(N)=CCC=C2)C1.C=CC=C. The van der Waals surface area contributed by atoms with Gasteiger partial charge in [0.25, 0.3) is 5.91 Å². The first-order chi connectivity index (χ1) is 13.9. The fraction of sp³-hybridized carbons (Fsp3) is 0.364. The predicted molar refractivity (Wildman–Crippen MR) is 117 cm³/mol. The molecule has 1 fully saturated rings. The van der Waals surface area contributed by atoms with E-state index in [1.807, 2.05) is 6.92 Å². The van der Waals surface area contributed by atoms with Crippen molar-refractivity contribution in [3.05, 3.63) is 72.8 Å². The number of nitrogens with two attached hydrogens (primary N) is 1. The van der Waals surface area contributed by atoms with E-state index >= 15 is 0 Å². The third kappa shape index (κ3) is 8.13. The molecule has 1 aliphatic carbocycles. The Balaban J connectivity index is 0.000000960. The van der Waals surface area contributed by atoms with Gasteiger partial charge < -0.3 is 26.4 Å². The maximum Gasteiger partial charge on any atom is 0.319 e. The molecular weight excluding hydrogens is 368 g/mol. The Kier molecular flexibility index (Phi) is 10.7. The maximum atomic E-state index is 12.9. The van der Waals surface area contributed by atoms with Gasteiger partial charge in [0.1, 0.15) is 0 Å². The van der Waals surface area contributed by atoms with E-state index in [1.54, 1.807) is 47.6 Å². The molecule has 7 heteroatoms. The Labute approximate surface area is 173 Å². The molecule has 29 heavy (non-hydrogen) atoms. The van der Waals surface area contributed by atoms with Crippen LogP contribution in [0.3, 0.4) is 0 Å². The number of hydrogen-bond donors (Lipinski definition) is 4. The highest BCUT2D eigenvalue weighted by molar-refractivity contribution is 5.97. The second-order valence-electron chi connectivity index (χ2n) is 6.59. The van der Waals surface area contributed by atoms with Crippen LogP contribution in [0.5, 0.6) is 0 Å². The third-order valence-corrected chi connectivity index (χ3v) is 4.36. The number of carbonyl (C=O) groups excluding carboxylic acids is 2. The van der Waals surface area contributed by atoms with Crippen molar-refractivity contribution < 1.29 is 14.7 Å². The number of hydrogen-bond acceptors (Lipinski definition) is 4. The zero-order valence-corrected chi connectivity index (χ0v) is 17.1. The van der Waals surface area contributed by atoms with Gasteiger partial charge in [-0.1, -0.05) is 43.5 Å². The number of urea groups is 1. The number of aliphatic hydroxyl groups excluding tert-OH is 1. The number of amides is 3. The summed E-state index contributed by atoms with van der Waals surface area (Å²) in [5.74, 6) is -0.451. The molecule has 3 amide bonds. The molecule has 1 heterocycles. The highest BCUT2D eigenvalue weighted by Crippen LogP contribution is 2.19. The highest BCUT2D eigenvalue weighted by atomic mass is 16.3. The van der Waals surface area contributed by atoms with Crippen molar-refractivity contribution in [2.75, 3.05) is 13.1 Å². The zero-order valence-electron chi connectivity index (χ0n) is 17.1. The van der Waals surface area contributed by atoms with Crippen LogP contribution in [0, 0.1) is 0 Å². The van der Waals surface area contributed by atoms with Crippen molar-refractivity contribution in [2.45, 2.75) is 38.6 Å². The Morgan fingerprint density at radius 2 is 2.03 bits per heavy atom. The summed E-state index contributed by atoms with van der Waals surface area (Å²) in [6.07, 6.45) is 14.8. The predicted octanol–water partition coefficient (Wildman–Crippen LogP) is 3.17. The van der Waals surface area contributed by atoms with Gasteiger partial charge in [-0.3, -0.25) is 4.79 Å². The zero-order chi connectivity index (χ0) is 21.6. The number of likely N-dealkylation sites (tertiary alicyclic amines) is 1. The van der Waals surface area contributed by atoms with E-state index in [0.29, 0.717) is 19.5 Å². The van der Waals surface area contributed by atoms with E-state index in [0.717, 1.165) is 19.3 Å². The number of allylic oxidation sites excluding steroid dienone is 5. The van der Waals surface area contributed by atoms with E-state index in [4.69, 9.17) is 5.73 Å². The van der Waals surface area contributed by atoms with Gasteiger partial charge >= 0.3 is 6.03 Å². The van der Waals surface area contributed by atoms with Crippen molar-refractivity contribution >= 4 is 11.9 Å². The van der Waals surface area contributed by atoms with Crippen LogP contribution in [-0.2, 0) is 4.79 Å². The quantitative estimate of drug-likeness (QED) is 0.544. The molecule has 1 atom stereocenters. The summed E-state index contributed by atoms with van der Waals surface area (Å²) in [7, 11) is 0. The number of rotatable bonds is 4. The average Bonchev–Trinajstić information content (AvgIpc) is 3.05. The van der Waals surface area contributed by atoms with Crippen LogP contribution in [0.1, 0.15) is 32.6 Å². The van der Waals surface area contributed by atoms with Crippen LogP contribution in [0.4, 0.5) is 4.79 Å². The molecule has 0 bridgehead atoms. The van der Waals surface area contributed by atoms with E-state index < -0.39 is 0 Å². The topological polar surface area (TPSA) is 108 Å². The monoisotopic (exact) mass is 400 g/mol. The third-order valence-electron chi connectivity index (χ3n) is 4.36. The molecule has 1 aliphatic heterocycles. The minimum absolute atomic E-state index is 0.137. The number of carbonyl (C=O) groups is 2. The van der Waals surface area contributed by atoms with Crippen LogP contribution >= 0.6 is 0 Å². The lowest BCUT2D eigenvalue weighted by Crippen LogP contribution is -2.47. The average molecular weight is 401 g/mol. The fourth-order valence-corrected chi connectivity index (χ4v) is 2.89. The molecule has 0 saturated carbocycles. The molecule has 0 aromatic carbocycles. The van der Waals surface area contributed by atoms with Gasteiger partial charge in [0.05, 0.1) is 11.3 Å². The van der Waals surface area contributed by atoms with Gasteiger partial charge in [0, 0.05) is 25.3 Å². The van der Waals surface area contributed by atoms with E-state index in [1.165, 1.54) is 0 Å². The standard InChI is InChI=1S/C18H26N4O3.C4H6/c1-2-10-20-18(25)21-13-7-5-6-11-22(12-13)17(24)14-8-3-4-9-15(19)16(14)23;1-3-4-2/h2-3,8-10,13,23H,4-7,11-12,19H2,1H3,(H2,20,21,25);3-4H,1-2H2/b10-2+;. The van der Waals surface area contributed by atoms with E-state index in [9.17, 15) is 14.7 Å². The molecule has 158 valence electrons. The van der Waals surface area contributed by atoms with Gasteiger partial charge in [-0.25, -0.2) is 4.79 Å². The molecule has 5 N–H and O–H groups in total. The highest BCUT2D eigenvalue weighted by Gasteiger charge is 2.26. The first-order valence-corrected chi connectivity index (χ1v) is 9.71. The Hall–Kier alpha value is -3.22. The lowest BCUT2D eigenvalue weighted by Gasteiger charge is -2.25. The van der Waals surface area contributed by atoms with Gasteiger partial charge in [-0.2, -0.15) is 0 Å². The molecular formula is C22H32N4O3. The largest absolute Gasteiger partial charge is 0.505 e. The summed E-state index contributed by atoms with van der Waals surface area (Å²) in [4.78, 5) is 26.4. The van der Waals surface area contributed by atoms with Crippen LogP contribution in [0.2, 0.25) is 0 Å². The molecule has 7 nitrogen and oxygen atoms in total. The normalized spacial score (nSPS) is 19.3. The Bertz CT molecular complexity index is 714. The lowest BCUT2D eigenvalue weighted by molar-refractivity contribution is -0.127. The Morgan fingerprint density at radius 3 is 2.69 bits per heavy atom. The summed E-state index contributed by atoms with van der Waals surface area (Å²) < 4.78 is 0. The van der Waals surface area contributed by atoms with Crippen LogP contribution in [0.15, 0.2) is 72.8 Å². The van der Waals surface area contributed by atoms with Gasteiger partial charge in [-0.05, 0) is 38.7 Å². The van der Waals surface area contributed by atoms with Crippen molar-refractivity contribution in [2.24, 2.45) is 5.73 Å². The summed E-state index contributed by atoms with van der Waals surface area (Å²) in [5, 5.41) is 15.7. The van der Waals surface area contributed by atoms with Gasteiger partial charge in [0.15, 0.2) is 5.76 Å². The smallest absolute Gasteiger partial charge is 0.319 e. The fourth-order valence-electron chi connectivity index (χ4n) is 2.89. The number of nitrogens with zero attached hydrogens (tertiary/aromatic N) is 1. The summed E-state index contributed by atoms with van der Waals surface area (Å²) in [5.41, 5.74) is 6.19. The minimum atomic E-state index is -0.291. The lowest BCUT2D eigenvalue weighted by atomic mass is 10.1. The van der Waals surface area contributed by atoms with Crippen molar-refractivity contribution in [3.63, 3.8) is 0 Å². The molecule has 0 aromatic rings. The number of nitrogens with one attached hydrogen (secondary N) is 2. The van der Waals surface area contributed by atoms with Crippen molar-refractivity contribution in [1.82, 2.24) is 15.5 Å². The number of aliphatic hydroxyl groups is 1. The van der Waals surface area contributed by atoms with Crippen LogP contribution < -0.4 is 16.4 Å². The molecule has 2 rings (SSSR count). The van der Waals surface area contributed by atoms with Crippen LogP contribution in [0.25, 0.3) is 0 Å². The molecule has 2 aliphatic rings. The second-order valence-corrected chi connectivity index (χ2v) is 6.59. The molecule has 0 aromatic heterocycles. The first kappa shape index (κ1) is 23.8. The maximum absolute atomic E-state index is 12.9. The summed E-state index contributed by atoms with van der Waals surface area (Å²) in [6, 6.07) is -0.428. The van der Waals surface area contributed by atoms with Gasteiger partial charge in [-0.15, -0.1) is 0 Å². The molecule has 1 saturated heterocycles. The minimum Gasteiger partial charge on any atom is -0.505 e. The van der Waals surface area contributed by atoms with Crippen LogP contribution in [-0.4, -0.2) is 41.1 Å². The first-order valence-electron chi connectivity index (χ1n) is 9.71. The Morgan fingerprint density at radius 1 is 1.31 bits per heavy atom. The summed E-state index contributed by atoms with van der Waals surface area (Å²) >= 11 is 0. The second kappa shape index (κ2) is 13.0. The van der Waals surface area contributed by atoms with E-state index in [2.05, 4.69) is 23.8 Å². The molecule has 0 spiro atoms. The summed E-state index contributed by atoms with van der Waals surface area (Å²) in [6.45, 7) is 9.52.